The maximum absolute atomic E-state index is 5.84. The van der Waals surface area contributed by atoms with Gasteiger partial charge in [0.1, 0.15) is 23.2 Å². The number of anilines is 3. The first-order valence-electron chi connectivity index (χ1n) is 8.86. The SMILES string of the molecule is Cc1cccc(-c2nccc(Nc3ccnc(Cc4cccc(N)c4)n3)n2)n1. The zero-order valence-corrected chi connectivity index (χ0v) is 15.4. The van der Waals surface area contributed by atoms with Crippen LogP contribution in [-0.2, 0) is 6.42 Å². The molecule has 0 atom stereocenters. The molecular weight excluding hydrogens is 350 g/mol. The summed E-state index contributed by atoms with van der Waals surface area (Å²) in [6.07, 6.45) is 4.02. The summed E-state index contributed by atoms with van der Waals surface area (Å²) in [5.41, 5.74) is 9.28. The minimum absolute atomic E-state index is 0.558. The second-order valence-electron chi connectivity index (χ2n) is 6.33. The third kappa shape index (κ3) is 4.27. The van der Waals surface area contributed by atoms with E-state index in [-0.39, 0.29) is 0 Å². The molecule has 0 radical (unpaired) electrons. The number of nitrogen functional groups attached to an aromatic ring is 1. The number of aryl methyl sites for hydroxylation is 1. The van der Waals surface area contributed by atoms with Gasteiger partial charge in [-0.3, -0.25) is 0 Å². The van der Waals surface area contributed by atoms with E-state index in [1.807, 2.05) is 49.4 Å². The van der Waals surface area contributed by atoms with Crippen LogP contribution in [0.5, 0.6) is 0 Å². The summed E-state index contributed by atoms with van der Waals surface area (Å²) in [7, 11) is 0. The van der Waals surface area contributed by atoms with E-state index in [1.165, 1.54) is 0 Å². The number of nitrogens with one attached hydrogen (secondary N) is 1. The molecule has 0 amide bonds. The molecule has 7 nitrogen and oxygen atoms in total. The second kappa shape index (κ2) is 7.79. The van der Waals surface area contributed by atoms with Crippen molar-refractivity contribution in [3.05, 3.63) is 84.1 Å². The average Bonchev–Trinajstić information content (AvgIpc) is 2.69. The summed E-state index contributed by atoms with van der Waals surface area (Å²) < 4.78 is 0. The third-order valence-electron chi connectivity index (χ3n) is 4.05. The Morgan fingerprint density at radius 1 is 0.857 bits per heavy atom. The van der Waals surface area contributed by atoms with E-state index < -0.39 is 0 Å². The largest absolute Gasteiger partial charge is 0.399 e. The molecular formula is C21H19N7. The minimum Gasteiger partial charge on any atom is -0.399 e. The number of nitrogens with two attached hydrogens (primary N) is 1. The van der Waals surface area contributed by atoms with Crippen molar-refractivity contribution in [2.45, 2.75) is 13.3 Å². The molecule has 0 saturated carbocycles. The van der Waals surface area contributed by atoms with Crippen molar-refractivity contribution in [3.63, 3.8) is 0 Å². The molecule has 0 unspecified atom stereocenters. The third-order valence-corrected chi connectivity index (χ3v) is 4.05. The van der Waals surface area contributed by atoms with Gasteiger partial charge in [0.15, 0.2) is 5.82 Å². The predicted molar refractivity (Wildman–Crippen MR) is 109 cm³/mol. The molecule has 0 fully saturated rings. The normalized spacial score (nSPS) is 10.6. The van der Waals surface area contributed by atoms with Gasteiger partial charge in [-0.05, 0) is 48.9 Å². The molecule has 3 heterocycles. The zero-order valence-electron chi connectivity index (χ0n) is 15.4. The Labute approximate surface area is 162 Å². The van der Waals surface area contributed by atoms with Crippen molar-refractivity contribution in [1.82, 2.24) is 24.9 Å². The average molecular weight is 369 g/mol. The number of aromatic nitrogens is 5. The molecule has 3 N–H and O–H groups in total. The quantitative estimate of drug-likeness (QED) is 0.519. The Morgan fingerprint density at radius 2 is 1.64 bits per heavy atom. The van der Waals surface area contributed by atoms with Crippen molar-refractivity contribution in [1.29, 1.82) is 0 Å². The topological polar surface area (TPSA) is 102 Å². The summed E-state index contributed by atoms with van der Waals surface area (Å²) >= 11 is 0. The number of nitrogens with zero attached hydrogens (tertiary/aromatic N) is 5. The lowest BCUT2D eigenvalue weighted by Gasteiger charge is -2.08. The van der Waals surface area contributed by atoms with Gasteiger partial charge in [-0.2, -0.15) is 0 Å². The van der Waals surface area contributed by atoms with Crippen molar-refractivity contribution in [3.8, 4) is 11.5 Å². The molecule has 0 bridgehead atoms. The van der Waals surface area contributed by atoms with Crippen LogP contribution in [0.1, 0.15) is 17.1 Å². The molecule has 4 aromatic rings. The minimum atomic E-state index is 0.558. The van der Waals surface area contributed by atoms with E-state index in [9.17, 15) is 0 Å². The van der Waals surface area contributed by atoms with Crippen LogP contribution in [0.4, 0.5) is 17.3 Å². The number of hydrogen-bond acceptors (Lipinski definition) is 7. The van der Waals surface area contributed by atoms with Crippen molar-refractivity contribution in [2.24, 2.45) is 0 Å². The number of hydrogen-bond donors (Lipinski definition) is 2. The van der Waals surface area contributed by atoms with Gasteiger partial charge in [0.2, 0.25) is 0 Å². The summed E-state index contributed by atoms with van der Waals surface area (Å²) in [4.78, 5) is 22.2. The molecule has 28 heavy (non-hydrogen) atoms. The van der Waals surface area contributed by atoms with Crippen LogP contribution >= 0.6 is 0 Å². The fraction of sp³-hybridized carbons (Fsp3) is 0.0952. The lowest BCUT2D eigenvalue weighted by Crippen LogP contribution is -2.03. The number of rotatable bonds is 5. The number of benzene rings is 1. The Bertz CT molecular complexity index is 1110. The Morgan fingerprint density at radius 3 is 2.46 bits per heavy atom. The van der Waals surface area contributed by atoms with E-state index in [0.717, 1.165) is 22.6 Å². The molecule has 0 saturated heterocycles. The molecule has 4 rings (SSSR count). The van der Waals surface area contributed by atoms with E-state index in [1.54, 1.807) is 24.5 Å². The van der Waals surface area contributed by atoms with Crippen LogP contribution in [0.3, 0.4) is 0 Å². The van der Waals surface area contributed by atoms with Crippen molar-refractivity contribution >= 4 is 17.3 Å². The van der Waals surface area contributed by atoms with Gasteiger partial charge in [0.25, 0.3) is 0 Å². The molecule has 0 aliphatic carbocycles. The standard InChI is InChI=1S/C21H19N7/c1-14-4-2-7-17(25-14)21-24-11-9-19(28-21)26-18-8-10-23-20(27-18)13-15-5-3-6-16(22)12-15/h2-12H,13,22H2,1H3,(H,23,24,26,27,28). The first-order valence-corrected chi connectivity index (χ1v) is 8.86. The monoisotopic (exact) mass is 369 g/mol. The lowest BCUT2D eigenvalue weighted by atomic mass is 10.1. The van der Waals surface area contributed by atoms with Crippen LogP contribution in [0.2, 0.25) is 0 Å². The highest BCUT2D eigenvalue weighted by Crippen LogP contribution is 2.17. The molecule has 0 aliphatic rings. The van der Waals surface area contributed by atoms with Crippen LogP contribution in [-0.4, -0.2) is 24.9 Å². The first kappa shape index (κ1) is 17.5. The van der Waals surface area contributed by atoms with Gasteiger partial charge in [-0.25, -0.2) is 24.9 Å². The molecule has 138 valence electrons. The van der Waals surface area contributed by atoms with Crippen LogP contribution in [0, 0.1) is 6.92 Å². The Hall–Kier alpha value is -3.87. The molecule has 0 aliphatic heterocycles. The zero-order chi connectivity index (χ0) is 19.3. The number of pyridine rings is 1. The lowest BCUT2D eigenvalue weighted by molar-refractivity contribution is 0.970. The van der Waals surface area contributed by atoms with Crippen molar-refractivity contribution in [2.75, 3.05) is 11.1 Å². The highest BCUT2D eigenvalue weighted by molar-refractivity contribution is 5.56. The smallest absolute Gasteiger partial charge is 0.180 e. The van der Waals surface area contributed by atoms with Gasteiger partial charge in [0.05, 0.1) is 0 Å². The van der Waals surface area contributed by atoms with E-state index >= 15 is 0 Å². The van der Waals surface area contributed by atoms with Gasteiger partial charge < -0.3 is 11.1 Å². The maximum Gasteiger partial charge on any atom is 0.180 e. The van der Waals surface area contributed by atoms with Crippen LogP contribution < -0.4 is 11.1 Å². The highest BCUT2D eigenvalue weighted by atomic mass is 15.1. The van der Waals surface area contributed by atoms with Crippen LogP contribution in [0.15, 0.2) is 67.0 Å². The highest BCUT2D eigenvalue weighted by Gasteiger charge is 2.07. The van der Waals surface area contributed by atoms with Gasteiger partial charge in [-0.1, -0.05) is 18.2 Å². The Balaban J connectivity index is 1.54. The van der Waals surface area contributed by atoms with Crippen molar-refractivity contribution < 1.29 is 0 Å². The van der Waals surface area contributed by atoms with Gasteiger partial charge in [-0.15, -0.1) is 0 Å². The second-order valence-corrected chi connectivity index (χ2v) is 6.33. The molecule has 0 spiro atoms. The predicted octanol–water partition coefficient (Wildman–Crippen LogP) is 3.55. The Kier molecular flexibility index (Phi) is 4.88. The molecule has 7 heteroatoms. The van der Waals surface area contributed by atoms with E-state index in [4.69, 9.17) is 5.73 Å². The fourth-order valence-electron chi connectivity index (χ4n) is 2.79. The van der Waals surface area contributed by atoms with E-state index in [2.05, 4.69) is 30.2 Å². The maximum atomic E-state index is 5.84. The summed E-state index contributed by atoms with van der Waals surface area (Å²) in [5, 5.41) is 3.21. The molecule has 3 aromatic heterocycles. The van der Waals surface area contributed by atoms with Gasteiger partial charge >= 0.3 is 0 Å². The van der Waals surface area contributed by atoms with Crippen LogP contribution in [0.25, 0.3) is 11.5 Å². The first-order chi connectivity index (χ1) is 13.7. The van der Waals surface area contributed by atoms with E-state index in [0.29, 0.717) is 29.7 Å². The summed E-state index contributed by atoms with van der Waals surface area (Å²) in [6.45, 7) is 1.94. The summed E-state index contributed by atoms with van der Waals surface area (Å²) in [5.74, 6) is 2.56. The fourth-order valence-corrected chi connectivity index (χ4v) is 2.79. The van der Waals surface area contributed by atoms with Gasteiger partial charge in [0, 0.05) is 30.2 Å². The summed E-state index contributed by atoms with van der Waals surface area (Å²) in [6, 6.07) is 17.1. The molecule has 1 aromatic carbocycles.